The molecule has 0 saturated carbocycles. The van der Waals surface area contributed by atoms with Crippen molar-refractivity contribution in [3.63, 3.8) is 0 Å². The number of anilines is 1. The number of aromatic nitrogens is 2. The zero-order valence-corrected chi connectivity index (χ0v) is 15.6. The molecule has 1 aromatic heterocycles. The number of carbonyl (C=O) groups excluding carboxylic acids is 2. The van der Waals surface area contributed by atoms with Gasteiger partial charge in [0.25, 0.3) is 0 Å². The van der Waals surface area contributed by atoms with Gasteiger partial charge in [-0.15, -0.1) is 0 Å². The number of halogens is 1. The second kappa shape index (κ2) is 8.24. The van der Waals surface area contributed by atoms with E-state index in [-0.39, 0.29) is 24.6 Å². The van der Waals surface area contributed by atoms with E-state index in [4.69, 9.17) is 25.8 Å². The van der Waals surface area contributed by atoms with Crippen molar-refractivity contribution in [2.45, 2.75) is 6.54 Å². The first-order valence-electron chi connectivity index (χ1n) is 8.05. The normalized spacial score (nSPS) is 14.3. The van der Waals surface area contributed by atoms with Gasteiger partial charge in [0.05, 0.1) is 44.2 Å². The molecule has 0 atom stereocenters. The molecule has 0 bridgehead atoms. The molecule has 0 amide bonds. The predicted octanol–water partition coefficient (Wildman–Crippen LogP) is 1.98. The Balaban J connectivity index is 1.97. The molecule has 0 fully saturated rings. The number of methoxy groups -OCH3 is 2. The lowest BCUT2D eigenvalue weighted by Crippen LogP contribution is -2.38. The Morgan fingerprint density at radius 1 is 1.26 bits per heavy atom. The van der Waals surface area contributed by atoms with E-state index < -0.39 is 11.9 Å². The molecule has 0 aliphatic carbocycles. The summed E-state index contributed by atoms with van der Waals surface area (Å²) < 4.78 is 16.8. The Hall–Kier alpha value is -2.84. The number of hydrogen-bond donors (Lipinski definition) is 0. The Bertz CT molecular complexity index is 893. The molecule has 1 aliphatic rings. The van der Waals surface area contributed by atoms with Crippen LogP contribution in [-0.4, -0.2) is 49.3 Å². The van der Waals surface area contributed by atoms with Gasteiger partial charge in [-0.3, -0.25) is 4.68 Å². The summed E-state index contributed by atoms with van der Waals surface area (Å²) in [5.41, 5.74) is 1.82. The average Bonchev–Trinajstić information content (AvgIpc) is 3.10. The van der Waals surface area contributed by atoms with Gasteiger partial charge in [0, 0.05) is 11.9 Å². The third-order valence-electron chi connectivity index (χ3n) is 4.00. The second-order valence-electron chi connectivity index (χ2n) is 5.74. The van der Waals surface area contributed by atoms with Gasteiger partial charge < -0.3 is 19.1 Å². The summed E-state index contributed by atoms with van der Waals surface area (Å²) in [6.07, 6.45) is 3.28. The monoisotopic (exact) mass is 391 g/mol. The number of ether oxygens (including phenoxy) is 3. The smallest absolute Gasteiger partial charge is 0.355 e. The fourth-order valence-electron chi connectivity index (χ4n) is 2.78. The van der Waals surface area contributed by atoms with E-state index in [2.05, 4.69) is 5.10 Å². The van der Waals surface area contributed by atoms with E-state index in [0.29, 0.717) is 17.3 Å². The SMILES string of the molecule is COC(=O)C1=C(C(=O)OC)N(c2cccc(Cn3cc(Cl)cn3)c2)COC1. The lowest BCUT2D eigenvalue weighted by atomic mass is 10.1. The van der Waals surface area contributed by atoms with Crippen LogP contribution in [0.5, 0.6) is 0 Å². The zero-order valence-electron chi connectivity index (χ0n) is 14.8. The Kier molecular flexibility index (Phi) is 5.78. The number of nitrogens with zero attached hydrogens (tertiary/aromatic N) is 3. The topological polar surface area (TPSA) is 82.9 Å². The molecule has 1 aromatic carbocycles. The van der Waals surface area contributed by atoms with Crippen molar-refractivity contribution in [1.82, 2.24) is 9.78 Å². The van der Waals surface area contributed by atoms with Crippen LogP contribution in [0.3, 0.4) is 0 Å². The third-order valence-corrected chi connectivity index (χ3v) is 4.20. The Labute approximate surface area is 160 Å². The molecule has 27 heavy (non-hydrogen) atoms. The highest BCUT2D eigenvalue weighted by Crippen LogP contribution is 2.27. The molecule has 3 rings (SSSR count). The van der Waals surface area contributed by atoms with Crippen LogP contribution in [0.25, 0.3) is 0 Å². The first-order valence-corrected chi connectivity index (χ1v) is 8.43. The zero-order chi connectivity index (χ0) is 19.4. The van der Waals surface area contributed by atoms with Gasteiger partial charge in [-0.25, -0.2) is 9.59 Å². The van der Waals surface area contributed by atoms with Crippen LogP contribution in [0.1, 0.15) is 5.56 Å². The fraction of sp³-hybridized carbons (Fsp3) is 0.278. The van der Waals surface area contributed by atoms with E-state index in [1.807, 2.05) is 24.3 Å². The highest BCUT2D eigenvalue weighted by Gasteiger charge is 2.32. The minimum Gasteiger partial charge on any atom is -0.466 e. The van der Waals surface area contributed by atoms with Crippen molar-refractivity contribution < 1.29 is 23.8 Å². The van der Waals surface area contributed by atoms with Crippen molar-refractivity contribution in [2.24, 2.45) is 0 Å². The van der Waals surface area contributed by atoms with Crippen molar-refractivity contribution in [1.29, 1.82) is 0 Å². The quantitative estimate of drug-likeness (QED) is 0.720. The molecule has 142 valence electrons. The van der Waals surface area contributed by atoms with Gasteiger partial charge in [-0.2, -0.15) is 5.10 Å². The molecule has 9 heteroatoms. The number of rotatable bonds is 5. The molecular weight excluding hydrogens is 374 g/mol. The molecule has 0 N–H and O–H groups in total. The van der Waals surface area contributed by atoms with Crippen LogP contribution in [0.15, 0.2) is 47.9 Å². The van der Waals surface area contributed by atoms with Crippen LogP contribution in [0, 0.1) is 0 Å². The summed E-state index contributed by atoms with van der Waals surface area (Å²) in [6.45, 7) is 0.567. The van der Waals surface area contributed by atoms with Gasteiger partial charge in [0.15, 0.2) is 0 Å². The molecule has 0 unspecified atom stereocenters. The summed E-state index contributed by atoms with van der Waals surface area (Å²) in [5.74, 6) is -1.27. The Morgan fingerprint density at radius 2 is 2.04 bits per heavy atom. The lowest BCUT2D eigenvalue weighted by molar-refractivity contribution is -0.140. The van der Waals surface area contributed by atoms with Gasteiger partial charge in [-0.05, 0) is 17.7 Å². The summed E-state index contributed by atoms with van der Waals surface area (Å²) in [5, 5.41) is 4.71. The number of carbonyl (C=O) groups is 2. The first-order chi connectivity index (χ1) is 13.0. The maximum absolute atomic E-state index is 12.3. The first kappa shape index (κ1) is 18.9. The molecule has 8 nitrogen and oxygen atoms in total. The standard InChI is InChI=1S/C18H18ClN3O5/c1-25-17(23)15-10-27-11-22(16(15)18(24)26-2)14-5-3-4-12(6-14)8-21-9-13(19)7-20-21/h3-7,9H,8,10-11H2,1-2H3. The van der Waals surface area contributed by atoms with E-state index >= 15 is 0 Å². The van der Waals surface area contributed by atoms with Crippen LogP contribution in [0.4, 0.5) is 5.69 Å². The van der Waals surface area contributed by atoms with Crippen molar-refractivity contribution in [2.75, 3.05) is 32.5 Å². The van der Waals surface area contributed by atoms with Crippen LogP contribution in [-0.2, 0) is 30.3 Å². The van der Waals surface area contributed by atoms with Gasteiger partial charge in [-0.1, -0.05) is 23.7 Å². The molecule has 0 radical (unpaired) electrons. The fourth-order valence-corrected chi connectivity index (χ4v) is 2.94. The van der Waals surface area contributed by atoms with E-state index in [9.17, 15) is 9.59 Å². The van der Waals surface area contributed by atoms with Gasteiger partial charge in [0.1, 0.15) is 12.4 Å². The number of hydrogen-bond acceptors (Lipinski definition) is 7. The van der Waals surface area contributed by atoms with E-state index in [1.54, 1.807) is 22.0 Å². The third kappa shape index (κ3) is 4.12. The molecule has 2 aromatic rings. The highest BCUT2D eigenvalue weighted by molar-refractivity contribution is 6.30. The largest absolute Gasteiger partial charge is 0.466 e. The minimum atomic E-state index is -0.637. The van der Waals surface area contributed by atoms with Crippen molar-refractivity contribution in [3.05, 3.63) is 58.5 Å². The van der Waals surface area contributed by atoms with Crippen LogP contribution >= 0.6 is 11.6 Å². The minimum absolute atomic E-state index is 0.0287. The maximum atomic E-state index is 12.3. The highest BCUT2D eigenvalue weighted by atomic mass is 35.5. The van der Waals surface area contributed by atoms with Crippen LogP contribution in [0.2, 0.25) is 5.02 Å². The second-order valence-corrected chi connectivity index (χ2v) is 6.18. The van der Waals surface area contributed by atoms with E-state index in [0.717, 1.165) is 5.56 Å². The molecular formula is C18H18ClN3O5. The van der Waals surface area contributed by atoms with E-state index in [1.165, 1.54) is 14.2 Å². The average molecular weight is 392 g/mol. The van der Waals surface area contributed by atoms with Crippen molar-refractivity contribution in [3.8, 4) is 0 Å². The Morgan fingerprint density at radius 3 is 2.70 bits per heavy atom. The molecule has 0 spiro atoms. The van der Waals surface area contributed by atoms with Crippen LogP contribution < -0.4 is 4.90 Å². The summed E-state index contributed by atoms with van der Waals surface area (Å²) in [7, 11) is 2.51. The number of benzene rings is 1. The van der Waals surface area contributed by atoms with Gasteiger partial charge >= 0.3 is 11.9 Å². The summed E-state index contributed by atoms with van der Waals surface area (Å²) in [4.78, 5) is 26.0. The number of esters is 2. The molecule has 1 aliphatic heterocycles. The van der Waals surface area contributed by atoms with Crippen molar-refractivity contribution >= 4 is 29.2 Å². The molecule has 2 heterocycles. The summed E-state index contributed by atoms with van der Waals surface area (Å²) >= 11 is 5.90. The lowest BCUT2D eigenvalue weighted by Gasteiger charge is -2.31. The summed E-state index contributed by atoms with van der Waals surface area (Å²) in [6, 6.07) is 7.46. The maximum Gasteiger partial charge on any atom is 0.355 e. The molecule has 0 saturated heterocycles. The predicted molar refractivity (Wildman–Crippen MR) is 97.1 cm³/mol. The van der Waals surface area contributed by atoms with Gasteiger partial charge in [0.2, 0.25) is 0 Å².